The minimum atomic E-state index is 0.149. The molecule has 1 unspecified atom stereocenters. The third-order valence-electron chi connectivity index (χ3n) is 2.73. The second kappa shape index (κ2) is 5.82. The quantitative estimate of drug-likeness (QED) is 0.757. The SMILES string of the molecule is CCCC(CC)c1cccc(CO)c1. The molecule has 1 aromatic carbocycles. The Morgan fingerprint density at radius 3 is 2.64 bits per heavy atom. The van der Waals surface area contributed by atoms with E-state index in [0.29, 0.717) is 5.92 Å². The molecule has 0 saturated heterocycles. The van der Waals surface area contributed by atoms with Crippen LogP contribution in [0, 0.1) is 0 Å². The molecular formula is C13H20O. The van der Waals surface area contributed by atoms with Crippen molar-refractivity contribution >= 4 is 0 Å². The Morgan fingerprint density at radius 2 is 2.07 bits per heavy atom. The fourth-order valence-corrected chi connectivity index (χ4v) is 1.90. The van der Waals surface area contributed by atoms with E-state index in [4.69, 9.17) is 5.11 Å². The highest BCUT2D eigenvalue weighted by molar-refractivity contribution is 5.25. The molecule has 0 aromatic heterocycles. The van der Waals surface area contributed by atoms with Crippen molar-refractivity contribution in [3.63, 3.8) is 0 Å². The lowest BCUT2D eigenvalue weighted by Gasteiger charge is -2.14. The molecule has 0 aliphatic rings. The largest absolute Gasteiger partial charge is 0.392 e. The van der Waals surface area contributed by atoms with Crippen LogP contribution in [0.5, 0.6) is 0 Å². The Labute approximate surface area is 86.8 Å². The highest BCUT2D eigenvalue weighted by Gasteiger charge is 2.07. The maximum absolute atomic E-state index is 9.05. The zero-order valence-electron chi connectivity index (χ0n) is 9.16. The van der Waals surface area contributed by atoms with Crippen LogP contribution in [0.25, 0.3) is 0 Å². The third-order valence-corrected chi connectivity index (χ3v) is 2.73. The van der Waals surface area contributed by atoms with Gasteiger partial charge in [-0.05, 0) is 29.9 Å². The first-order chi connectivity index (χ1) is 6.81. The van der Waals surface area contributed by atoms with Gasteiger partial charge in [-0.2, -0.15) is 0 Å². The van der Waals surface area contributed by atoms with Crippen molar-refractivity contribution in [1.82, 2.24) is 0 Å². The number of rotatable bonds is 5. The van der Waals surface area contributed by atoms with Crippen molar-refractivity contribution in [2.75, 3.05) is 0 Å². The first-order valence-electron chi connectivity index (χ1n) is 5.51. The van der Waals surface area contributed by atoms with Crippen LogP contribution >= 0.6 is 0 Å². The smallest absolute Gasteiger partial charge is 0.0681 e. The van der Waals surface area contributed by atoms with E-state index in [1.807, 2.05) is 12.1 Å². The van der Waals surface area contributed by atoms with E-state index in [9.17, 15) is 0 Å². The second-order valence-corrected chi connectivity index (χ2v) is 3.80. The average molecular weight is 192 g/mol. The van der Waals surface area contributed by atoms with Gasteiger partial charge in [0.15, 0.2) is 0 Å². The molecule has 1 heteroatoms. The standard InChI is InChI=1S/C13H20O/c1-3-6-12(4-2)13-8-5-7-11(9-13)10-14/h5,7-9,12,14H,3-4,6,10H2,1-2H3. The zero-order chi connectivity index (χ0) is 10.4. The summed E-state index contributed by atoms with van der Waals surface area (Å²) in [6, 6.07) is 8.31. The lowest BCUT2D eigenvalue weighted by Crippen LogP contribution is -1.97. The van der Waals surface area contributed by atoms with Gasteiger partial charge in [-0.1, -0.05) is 44.5 Å². The molecule has 14 heavy (non-hydrogen) atoms. The summed E-state index contributed by atoms with van der Waals surface area (Å²) < 4.78 is 0. The molecule has 0 fully saturated rings. The van der Waals surface area contributed by atoms with Gasteiger partial charge < -0.3 is 5.11 Å². The van der Waals surface area contributed by atoms with Crippen molar-refractivity contribution in [2.45, 2.75) is 45.6 Å². The van der Waals surface area contributed by atoms with Crippen LogP contribution in [0.4, 0.5) is 0 Å². The van der Waals surface area contributed by atoms with E-state index in [0.717, 1.165) is 5.56 Å². The van der Waals surface area contributed by atoms with E-state index >= 15 is 0 Å². The van der Waals surface area contributed by atoms with Crippen molar-refractivity contribution in [1.29, 1.82) is 0 Å². The fraction of sp³-hybridized carbons (Fsp3) is 0.538. The number of hydrogen-bond donors (Lipinski definition) is 1. The summed E-state index contributed by atoms with van der Waals surface area (Å²) in [4.78, 5) is 0. The van der Waals surface area contributed by atoms with Gasteiger partial charge in [0, 0.05) is 0 Å². The number of aliphatic hydroxyl groups is 1. The van der Waals surface area contributed by atoms with E-state index in [2.05, 4.69) is 26.0 Å². The lowest BCUT2D eigenvalue weighted by molar-refractivity contribution is 0.281. The molecule has 1 aromatic rings. The zero-order valence-corrected chi connectivity index (χ0v) is 9.16. The molecule has 0 aliphatic heterocycles. The number of aliphatic hydroxyl groups excluding tert-OH is 1. The van der Waals surface area contributed by atoms with Gasteiger partial charge in [0.2, 0.25) is 0 Å². The molecule has 1 atom stereocenters. The van der Waals surface area contributed by atoms with Crippen molar-refractivity contribution in [3.05, 3.63) is 35.4 Å². The average Bonchev–Trinajstić information content (AvgIpc) is 2.26. The van der Waals surface area contributed by atoms with Crippen LogP contribution in [0.3, 0.4) is 0 Å². The van der Waals surface area contributed by atoms with Gasteiger partial charge in [0.25, 0.3) is 0 Å². The highest BCUT2D eigenvalue weighted by Crippen LogP contribution is 2.25. The minimum Gasteiger partial charge on any atom is -0.392 e. The summed E-state index contributed by atoms with van der Waals surface area (Å²) in [6.45, 7) is 4.60. The molecule has 0 amide bonds. The molecular weight excluding hydrogens is 172 g/mol. The maximum atomic E-state index is 9.05. The van der Waals surface area contributed by atoms with Crippen LogP contribution in [0.15, 0.2) is 24.3 Å². The van der Waals surface area contributed by atoms with Crippen LogP contribution < -0.4 is 0 Å². The molecule has 1 rings (SSSR count). The highest BCUT2D eigenvalue weighted by atomic mass is 16.3. The Morgan fingerprint density at radius 1 is 1.29 bits per heavy atom. The van der Waals surface area contributed by atoms with Gasteiger partial charge in [0.1, 0.15) is 0 Å². The molecule has 1 nitrogen and oxygen atoms in total. The fourth-order valence-electron chi connectivity index (χ4n) is 1.90. The summed E-state index contributed by atoms with van der Waals surface area (Å²) >= 11 is 0. The van der Waals surface area contributed by atoms with E-state index in [1.54, 1.807) is 0 Å². The third kappa shape index (κ3) is 2.85. The first kappa shape index (κ1) is 11.3. The van der Waals surface area contributed by atoms with Gasteiger partial charge in [-0.3, -0.25) is 0 Å². The Balaban J connectivity index is 2.80. The molecule has 0 bridgehead atoms. The Kier molecular flexibility index (Phi) is 4.68. The molecule has 1 N–H and O–H groups in total. The topological polar surface area (TPSA) is 20.2 Å². The minimum absolute atomic E-state index is 0.149. The number of benzene rings is 1. The van der Waals surface area contributed by atoms with E-state index in [-0.39, 0.29) is 6.61 Å². The monoisotopic (exact) mass is 192 g/mol. The molecule has 0 radical (unpaired) electrons. The van der Waals surface area contributed by atoms with Gasteiger partial charge in [-0.25, -0.2) is 0 Å². The predicted octanol–water partition coefficient (Wildman–Crippen LogP) is 3.47. The molecule has 78 valence electrons. The van der Waals surface area contributed by atoms with Crippen LogP contribution in [0.1, 0.15) is 50.2 Å². The Bertz CT molecular complexity index is 268. The van der Waals surface area contributed by atoms with Crippen molar-refractivity contribution in [2.24, 2.45) is 0 Å². The number of hydrogen-bond acceptors (Lipinski definition) is 1. The van der Waals surface area contributed by atoms with E-state index < -0.39 is 0 Å². The predicted molar refractivity (Wildman–Crippen MR) is 60.3 cm³/mol. The summed E-state index contributed by atoms with van der Waals surface area (Å²) in [7, 11) is 0. The van der Waals surface area contributed by atoms with Crippen molar-refractivity contribution in [3.8, 4) is 0 Å². The van der Waals surface area contributed by atoms with Gasteiger partial charge in [-0.15, -0.1) is 0 Å². The normalized spacial score (nSPS) is 12.8. The molecule has 0 spiro atoms. The van der Waals surface area contributed by atoms with Crippen LogP contribution in [-0.2, 0) is 6.61 Å². The first-order valence-corrected chi connectivity index (χ1v) is 5.51. The van der Waals surface area contributed by atoms with Crippen LogP contribution in [0.2, 0.25) is 0 Å². The molecule has 0 aliphatic carbocycles. The van der Waals surface area contributed by atoms with Crippen LogP contribution in [-0.4, -0.2) is 5.11 Å². The summed E-state index contributed by atoms with van der Waals surface area (Å²) in [5.74, 6) is 0.659. The second-order valence-electron chi connectivity index (χ2n) is 3.80. The molecule has 0 saturated carbocycles. The van der Waals surface area contributed by atoms with Gasteiger partial charge >= 0.3 is 0 Å². The summed E-state index contributed by atoms with van der Waals surface area (Å²) in [5, 5.41) is 9.05. The van der Waals surface area contributed by atoms with Crippen molar-refractivity contribution < 1.29 is 5.11 Å². The summed E-state index contributed by atoms with van der Waals surface area (Å²) in [6.07, 6.45) is 3.65. The summed E-state index contributed by atoms with van der Waals surface area (Å²) in [5.41, 5.74) is 2.40. The molecule has 0 heterocycles. The maximum Gasteiger partial charge on any atom is 0.0681 e. The Hall–Kier alpha value is -0.820. The van der Waals surface area contributed by atoms with Gasteiger partial charge in [0.05, 0.1) is 6.61 Å². The lowest BCUT2D eigenvalue weighted by atomic mass is 9.91. The van der Waals surface area contributed by atoms with E-state index in [1.165, 1.54) is 24.8 Å².